The van der Waals surface area contributed by atoms with Gasteiger partial charge in [-0.25, -0.2) is 0 Å². The summed E-state index contributed by atoms with van der Waals surface area (Å²) in [5.41, 5.74) is 2.59. The first-order chi connectivity index (χ1) is 9.59. The van der Waals surface area contributed by atoms with Crippen molar-refractivity contribution < 1.29 is 4.79 Å². The molecule has 0 saturated carbocycles. The highest BCUT2D eigenvalue weighted by atomic mass is 35.5. The van der Waals surface area contributed by atoms with Crippen LogP contribution in [0.25, 0.3) is 0 Å². The number of carbonyl (C=O) groups is 1. The summed E-state index contributed by atoms with van der Waals surface area (Å²) >= 11 is 12.2. The lowest BCUT2D eigenvalue weighted by molar-refractivity contribution is 0.0981. The van der Waals surface area contributed by atoms with E-state index in [0.717, 1.165) is 12.1 Å². The van der Waals surface area contributed by atoms with E-state index >= 15 is 0 Å². The Morgan fingerprint density at radius 1 is 1.15 bits per heavy atom. The maximum atomic E-state index is 12.8. The van der Waals surface area contributed by atoms with Crippen molar-refractivity contribution in [3.8, 4) is 0 Å². The molecule has 1 amide bonds. The summed E-state index contributed by atoms with van der Waals surface area (Å²) in [5, 5.41) is 0.716. The molecular weight excluding hydrogens is 293 g/mol. The predicted octanol–water partition coefficient (Wildman–Crippen LogP) is 4.58. The van der Waals surface area contributed by atoms with E-state index in [9.17, 15) is 4.79 Å². The number of anilines is 1. The standard InChI is InChI=1S/C16H13Cl2NO/c1-10-9-11-5-2-3-8-14(11)19(10)16(20)12-6-4-7-13(17)15(12)18/h2-8,10H,9H2,1H3. The number of carbonyl (C=O) groups excluding carboxylic acids is 1. The molecule has 2 aromatic rings. The van der Waals surface area contributed by atoms with Gasteiger partial charge in [-0.05, 0) is 37.1 Å². The molecule has 2 nitrogen and oxygen atoms in total. The maximum absolute atomic E-state index is 12.8. The lowest BCUT2D eigenvalue weighted by Gasteiger charge is -2.23. The summed E-state index contributed by atoms with van der Waals surface area (Å²) in [7, 11) is 0. The van der Waals surface area contributed by atoms with Gasteiger partial charge in [0.05, 0.1) is 15.6 Å². The van der Waals surface area contributed by atoms with Crippen LogP contribution in [0.1, 0.15) is 22.8 Å². The van der Waals surface area contributed by atoms with Crippen LogP contribution in [-0.4, -0.2) is 11.9 Å². The van der Waals surface area contributed by atoms with E-state index in [2.05, 4.69) is 6.07 Å². The van der Waals surface area contributed by atoms with Crippen molar-refractivity contribution in [1.29, 1.82) is 0 Å². The van der Waals surface area contributed by atoms with Gasteiger partial charge in [-0.3, -0.25) is 4.79 Å². The molecule has 0 bridgehead atoms. The Morgan fingerprint density at radius 2 is 1.90 bits per heavy atom. The van der Waals surface area contributed by atoms with Gasteiger partial charge in [-0.1, -0.05) is 47.5 Å². The number of rotatable bonds is 1. The van der Waals surface area contributed by atoms with Crippen LogP contribution in [0.15, 0.2) is 42.5 Å². The molecule has 0 aliphatic carbocycles. The van der Waals surface area contributed by atoms with Crippen LogP contribution in [-0.2, 0) is 6.42 Å². The molecule has 4 heteroatoms. The van der Waals surface area contributed by atoms with Gasteiger partial charge in [0.1, 0.15) is 0 Å². The molecule has 0 N–H and O–H groups in total. The van der Waals surface area contributed by atoms with Crippen molar-refractivity contribution >= 4 is 34.8 Å². The number of benzene rings is 2. The first-order valence-electron chi connectivity index (χ1n) is 6.45. The van der Waals surface area contributed by atoms with E-state index in [1.54, 1.807) is 23.1 Å². The van der Waals surface area contributed by atoms with Crippen LogP contribution in [0.4, 0.5) is 5.69 Å². The van der Waals surface area contributed by atoms with Gasteiger partial charge in [0.2, 0.25) is 0 Å². The predicted molar refractivity (Wildman–Crippen MR) is 82.9 cm³/mol. The van der Waals surface area contributed by atoms with E-state index in [0.29, 0.717) is 15.6 Å². The van der Waals surface area contributed by atoms with Gasteiger partial charge in [-0.15, -0.1) is 0 Å². The van der Waals surface area contributed by atoms with Gasteiger partial charge in [0, 0.05) is 11.7 Å². The number of amides is 1. The van der Waals surface area contributed by atoms with Crippen molar-refractivity contribution in [3.63, 3.8) is 0 Å². The third kappa shape index (κ3) is 2.09. The summed E-state index contributed by atoms with van der Waals surface area (Å²) in [6.07, 6.45) is 0.861. The topological polar surface area (TPSA) is 20.3 Å². The average molecular weight is 306 g/mol. The lowest BCUT2D eigenvalue weighted by atomic mass is 10.1. The van der Waals surface area contributed by atoms with Gasteiger partial charge in [0.25, 0.3) is 5.91 Å². The van der Waals surface area contributed by atoms with Crippen LogP contribution in [0.2, 0.25) is 10.0 Å². The van der Waals surface area contributed by atoms with Crippen LogP contribution in [0.5, 0.6) is 0 Å². The number of hydrogen-bond donors (Lipinski definition) is 0. The van der Waals surface area contributed by atoms with Crippen LogP contribution < -0.4 is 4.90 Å². The Hall–Kier alpha value is -1.51. The second-order valence-corrected chi connectivity index (χ2v) is 5.74. The minimum atomic E-state index is -0.102. The molecule has 1 unspecified atom stereocenters. The van der Waals surface area contributed by atoms with Gasteiger partial charge in [-0.2, -0.15) is 0 Å². The Morgan fingerprint density at radius 3 is 2.70 bits per heavy atom. The first kappa shape index (κ1) is 13.5. The van der Waals surface area contributed by atoms with E-state index < -0.39 is 0 Å². The molecule has 1 heterocycles. The molecule has 0 fully saturated rings. The minimum absolute atomic E-state index is 0.102. The normalized spacial score (nSPS) is 17.1. The first-order valence-corrected chi connectivity index (χ1v) is 7.20. The Labute approximate surface area is 127 Å². The van der Waals surface area contributed by atoms with E-state index in [4.69, 9.17) is 23.2 Å². The van der Waals surface area contributed by atoms with Gasteiger partial charge >= 0.3 is 0 Å². The molecule has 1 atom stereocenters. The van der Waals surface area contributed by atoms with Crippen LogP contribution in [0.3, 0.4) is 0 Å². The van der Waals surface area contributed by atoms with Crippen molar-refractivity contribution in [2.45, 2.75) is 19.4 Å². The van der Waals surface area contributed by atoms with Crippen molar-refractivity contribution in [2.24, 2.45) is 0 Å². The second kappa shape index (κ2) is 5.12. The summed E-state index contributed by atoms with van der Waals surface area (Å²) in [5.74, 6) is -0.102. The smallest absolute Gasteiger partial charge is 0.260 e. The number of fused-ring (bicyclic) bond motifs is 1. The van der Waals surface area contributed by atoms with Crippen molar-refractivity contribution in [2.75, 3.05) is 4.90 Å². The molecular formula is C16H13Cl2NO. The molecule has 1 aliphatic rings. The highest BCUT2D eigenvalue weighted by Crippen LogP contribution is 2.35. The molecule has 0 aromatic heterocycles. The maximum Gasteiger partial charge on any atom is 0.260 e. The Kier molecular flexibility index (Phi) is 3.45. The summed E-state index contributed by atoms with van der Waals surface area (Å²) in [4.78, 5) is 14.6. The molecule has 3 rings (SSSR count). The van der Waals surface area contributed by atoms with Crippen LogP contribution in [0, 0.1) is 0 Å². The van der Waals surface area contributed by atoms with Crippen molar-refractivity contribution in [1.82, 2.24) is 0 Å². The number of nitrogens with zero attached hydrogens (tertiary/aromatic N) is 1. The van der Waals surface area contributed by atoms with E-state index in [1.165, 1.54) is 5.56 Å². The summed E-state index contributed by atoms with van der Waals surface area (Å²) in [6, 6.07) is 13.2. The number of hydrogen-bond acceptors (Lipinski definition) is 1. The van der Waals surface area contributed by atoms with Crippen molar-refractivity contribution in [3.05, 3.63) is 63.6 Å². The number of para-hydroxylation sites is 1. The van der Waals surface area contributed by atoms with E-state index in [-0.39, 0.29) is 11.9 Å². The Balaban J connectivity index is 2.05. The zero-order valence-electron chi connectivity index (χ0n) is 10.9. The number of halogens is 2. The zero-order valence-corrected chi connectivity index (χ0v) is 12.4. The summed E-state index contributed by atoms with van der Waals surface area (Å²) < 4.78 is 0. The highest BCUT2D eigenvalue weighted by molar-refractivity contribution is 6.44. The average Bonchev–Trinajstić information content (AvgIpc) is 2.77. The molecule has 102 valence electrons. The quantitative estimate of drug-likeness (QED) is 0.755. The zero-order chi connectivity index (χ0) is 14.3. The fraction of sp³-hybridized carbons (Fsp3) is 0.188. The lowest BCUT2D eigenvalue weighted by Crippen LogP contribution is -2.35. The third-order valence-corrected chi connectivity index (χ3v) is 4.43. The molecule has 0 saturated heterocycles. The molecule has 2 aromatic carbocycles. The third-order valence-electron chi connectivity index (χ3n) is 3.61. The van der Waals surface area contributed by atoms with Gasteiger partial charge in [0.15, 0.2) is 0 Å². The fourth-order valence-electron chi connectivity index (χ4n) is 2.67. The highest BCUT2D eigenvalue weighted by Gasteiger charge is 2.32. The monoisotopic (exact) mass is 305 g/mol. The molecule has 0 radical (unpaired) electrons. The molecule has 20 heavy (non-hydrogen) atoms. The fourth-order valence-corrected chi connectivity index (χ4v) is 3.06. The molecule has 0 spiro atoms. The molecule has 1 aliphatic heterocycles. The Bertz CT molecular complexity index is 684. The van der Waals surface area contributed by atoms with Gasteiger partial charge < -0.3 is 4.90 Å². The largest absolute Gasteiger partial charge is 0.305 e. The second-order valence-electron chi connectivity index (χ2n) is 4.96. The summed E-state index contributed by atoms with van der Waals surface area (Å²) in [6.45, 7) is 2.04. The SMILES string of the molecule is CC1Cc2ccccc2N1C(=O)c1cccc(Cl)c1Cl. The minimum Gasteiger partial charge on any atom is -0.305 e. The van der Waals surface area contributed by atoms with E-state index in [1.807, 2.05) is 25.1 Å². The van der Waals surface area contributed by atoms with Crippen LogP contribution >= 0.6 is 23.2 Å².